The zero-order chi connectivity index (χ0) is 13.1. The summed E-state index contributed by atoms with van der Waals surface area (Å²) in [7, 11) is 0. The van der Waals surface area contributed by atoms with Gasteiger partial charge in [-0.05, 0) is 37.6 Å². The second-order valence-corrected chi connectivity index (χ2v) is 7.34. The van der Waals surface area contributed by atoms with Gasteiger partial charge in [-0.15, -0.1) is 0 Å². The smallest absolute Gasteiger partial charge is 0.227 e. The quantitative estimate of drug-likeness (QED) is 0.868. The molecule has 2 fully saturated rings. The lowest BCUT2D eigenvalue weighted by Gasteiger charge is -2.39. The van der Waals surface area contributed by atoms with Gasteiger partial charge in [0.2, 0.25) is 5.89 Å². The van der Waals surface area contributed by atoms with Crippen molar-refractivity contribution in [3.05, 3.63) is 11.7 Å². The van der Waals surface area contributed by atoms with Gasteiger partial charge in [0, 0.05) is 11.7 Å². The molecule has 2 aliphatic carbocycles. The Morgan fingerprint density at radius 3 is 2.68 bits per heavy atom. The fourth-order valence-corrected chi connectivity index (χ4v) is 4.29. The Labute approximate surface area is 118 Å². The van der Waals surface area contributed by atoms with Gasteiger partial charge in [0.1, 0.15) is 0 Å². The van der Waals surface area contributed by atoms with Crippen LogP contribution >= 0.6 is 11.8 Å². The van der Waals surface area contributed by atoms with Crippen molar-refractivity contribution >= 4 is 11.8 Å². The van der Waals surface area contributed by atoms with E-state index in [9.17, 15) is 0 Å². The highest BCUT2D eigenvalue weighted by atomic mass is 32.2. The number of rotatable bonds is 6. The summed E-state index contributed by atoms with van der Waals surface area (Å²) in [5.74, 6) is 2.54. The van der Waals surface area contributed by atoms with Crippen molar-refractivity contribution in [3.63, 3.8) is 0 Å². The summed E-state index contributed by atoms with van der Waals surface area (Å²) in [5, 5.41) is 4.92. The van der Waals surface area contributed by atoms with Crippen molar-refractivity contribution in [2.75, 3.05) is 6.54 Å². The molecule has 0 spiro atoms. The molecule has 19 heavy (non-hydrogen) atoms. The average molecular weight is 281 g/mol. The topological polar surface area (TPSA) is 64.9 Å². The molecule has 0 radical (unpaired) electrons. The molecular weight excluding hydrogens is 258 g/mol. The van der Waals surface area contributed by atoms with E-state index in [1.54, 1.807) is 0 Å². The van der Waals surface area contributed by atoms with Crippen LogP contribution in [0.5, 0.6) is 0 Å². The Morgan fingerprint density at radius 1 is 1.26 bits per heavy atom. The van der Waals surface area contributed by atoms with Gasteiger partial charge in [-0.3, -0.25) is 0 Å². The zero-order valence-electron chi connectivity index (χ0n) is 11.4. The van der Waals surface area contributed by atoms with Gasteiger partial charge in [-0.1, -0.05) is 24.4 Å². The second-order valence-electron chi connectivity index (χ2n) is 6.06. The average Bonchev–Trinajstić information content (AvgIpc) is 3.03. The number of thioether (sulfide) groups is 1. The Morgan fingerprint density at radius 2 is 2.05 bits per heavy atom. The Bertz CT molecular complexity index is 405. The fourth-order valence-electron chi connectivity index (χ4n) is 3.12. The molecular formula is C14H23N3OS. The third-order valence-electron chi connectivity index (χ3n) is 4.63. The van der Waals surface area contributed by atoms with Crippen LogP contribution < -0.4 is 5.73 Å². The number of hydrogen-bond donors (Lipinski definition) is 1. The van der Waals surface area contributed by atoms with Crippen LogP contribution in [0.4, 0.5) is 0 Å². The molecule has 0 aromatic carbocycles. The van der Waals surface area contributed by atoms with E-state index in [2.05, 4.69) is 10.1 Å². The lowest BCUT2D eigenvalue weighted by molar-refractivity contribution is 0.129. The minimum absolute atomic E-state index is 0.252. The minimum Gasteiger partial charge on any atom is -0.339 e. The van der Waals surface area contributed by atoms with Gasteiger partial charge >= 0.3 is 0 Å². The molecule has 0 atom stereocenters. The van der Waals surface area contributed by atoms with E-state index >= 15 is 0 Å². The summed E-state index contributed by atoms with van der Waals surface area (Å²) in [5.41, 5.74) is 6.12. The molecule has 106 valence electrons. The Kier molecular flexibility index (Phi) is 4.12. The van der Waals surface area contributed by atoms with Crippen LogP contribution in [0, 0.1) is 5.41 Å². The van der Waals surface area contributed by atoms with Crippen molar-refractivity contribution in [1.29, 1.82) is 0 Å². The standard InChI is InChI=1S/C14H23N3OS/c15-10-14(6-3-7-14)8-13-16-12(17-18-13)9-19-11-4-1-2-5-11/h11H,1-10,15H2. The van der Waals surface area contributed by atoms with Crippen LogP contribution in [0.2, 0.25) is 0 Å². The number of nitrogens with zero attached hydrogens (tertiary/aromatic N) is 2. The van der Waals surface area contributed by atoms with Crippen molar-refractivity contribution in [1.82, 2.24) is 10.1 Å². The highest BCUT2D eigenvalue weighted by Crippen LogP contribution is 2.42. The van der Waals surface area contributed by atoms with Crippen LogP contribution in [-0.4, -0.2) is 21.9 Å². The van der Waals surface area contributed by atoms with Gasteiger partial charge in [0.25, 0.3) is 0 Å². The van der Waals surface area contributed by atoms with Gasteiger partial charge in [0.05, 0.1) is 5.75 Å². The van der Waals surface area contributed by atoms with E-state index in [1.807, 2.05) is 11.8 Å². The van der Waals surface area contributed by atoms with Crippen LogP contribution in [0.25, 0.3) is 0 Å². The van der Waals surface area contributed by atoms with E-state index in [0.717, 1.165) is 35.7 Å². The first kappa shape index (κ1) is 13.4. The van der Waals surface area contributed by atoms with E-state index in [-0.39, 0.29) is 5.41 Å². The molecule has 0 saturated heterocycles. The summed E-state index contributed by atoms with van der Waals surface area (Å²) in [6.07, 6.45) is 10.0. The number of nitrogens with two attached hydrogens (primary N) is 1. The molecule has 5 heteroatoms. The SMILES string of the molecule is NCC1(Cc2nc(CSC3CCCC3)no2)CCC1. The first-order valence-corrected chi connectivity index (χ1v) is 8.48. The summed E-state index contributed by atoms with van der Waals surface area (Å²) < 4.78 is 5.38. The molecule has 1 heterocycles. The Balaban J connectivity index is 1.51. The predicted molar refractivity (Wildman–Crippen MR) is 76.9 cm³/mol. The first-order valence-electron chi connectivity index (χ1n) is 7.43. The molecule has 2 N–H and O–H groups in total. The van der Waals surface area contributed by atoms with Gasteiger partial charge in [-0.25, -0.2) is 0 Å². The van der Waals surface area contributed by atoms with E-state index in [1.165, 1.54) is 44.9 Å². The monoisotopic (exact) mass is 281 g/mol. The van der Waals surface area contributed by atoms with Crippen molar-refractivity contribution in [3.8, 4) is 0 Å². The minimum atomic E-state index is 0.252. The second kappa shape index (κ2) is 5.83. The molecule has 1 aromatic heterocycles. The van der Waals surface area contributed by atoms with Crippen molar-refractivity contribution in [2.45, 2.75) is 62.4 Å². The maximum atomic E-state index is 5.87. The zero-order valence-corrected chi connectivity index (χ0v) is 12.3. The fraction of sp³-hybridized carbons (Fsp3) is 0.857. The summed E-state index contributed by atoms with van der Waals surface area (Å²) in [6, 6.07) is 0. The molecule has 2 saturated carbocycles. The van der Waals surface area contributed by atoms with E-state index in [4.69, 9.17) is 10.3 Å². The molecule has 0 aliphatic heterocycles. The molecule has 0 bridgehead atoms. The van der Waals surface area contributed by atoms with Crippen molar-refractivity contribution in [2.24, 2.45) is 11.1 Å². The lowest BCUT2D eigenvalue weighted by atomic mass is 9.67. The van der Waals surface area contributed by atoms with Crippen LogP contribution in [-0.2, 0) is 12.2 Å². The molecule has 3 rings (SSSR count). The normalized spacial score (nSPS) is 22.6. The van der Waals surface area contributed by atoms with E-state index in [0.29, 0.717) is 0 Å². The van der Waals surface area contributed by atoms with Gasteiger partial charge < -0.3 is 10.3 Å². The third kappa shape index (κ3) is 3.14. The largest absolute Gasteiger partial charge is 0.339 e. The van der Waals surface area contributed by atoms with Gasteiger partial charge in [-0.2, -0.15) is 16.7 Å². The number of hydrogen-bond acceptors (Lipinski definition) is 5. The highest BCUT2D eigenvalue weighted by Gasteiger charge is 2.37. The van der Waals surface area contributed by atoms with Crippen molar-refractivity contribution < 1.29 is 4.52 Å². The van der Waals surface area contributed by atoms with Crippen LogP contribution in [0.3, 0.4) is 0 Å². The maximum absolute atomic E-state index is 5.87. The van der Waals surface area contributed by atoms with Crippen LogP contribution in [0.1, 0.15) is 56.7 Å². The maximum Gasteiger partial charge on any atom is 0.227 e. The van der Waals surface area contributed by atoms with Crippen LogP contribution in [0.15, 0.2) is 4.52 Å². The lowest BCUT2D eigenvalue weighted by Crippen LogP contribution is -2.39. The predicted octanol–water partition coefficient (Wildman–Crippen LogP) is 2.92. The molecule has 0 unspecified atom stereocenters. The Hall–Kier alpha value is -0.550. The molecule has 4 nitrogen and oxygen atoms in total. The van der Waals surface area contributed by atoms with Gasteiger partial charge in [0.15, 0.2) is 5.82 Å². The summed E-state index contributed by atoms with van der Waals surface area (Å²) in [6.45, 7) is 0.738. The molecule has 0 amide bonds. The van der Waals surface area contributed by atoms with E-state index < -0.39 is 0 Å². The molecule has 1 aromatic rings. The first-order chi connectivity index (χ1) is 9.30. The summed E-state index contributed by atoms with van der Waals surface area (Å²) in [4.78, 5) is 4.53. The number of aromatic nitrogens is 2. The molecule has 2 aliphatic rings. The highest BCUT2D eigenvalue weighted by molar-refractivity contribution is 7.99. The third-order valence-corrected chi connectivity index (χ3v) is 6.00. The summed E-state index contributed by atoms with van der Waals surface area (Å²) >= 11 is 1.98.